The van der Waals surface area contributed by atoms with E-state index in [9.17, 15) is 9.59 Å². The van der Waals surface area contributed by atoms with Crippen molar-refractivity contribution in [3.8, 4) is 11.6 Å². The fraction of sp³-hybridized carbons (Fsp3) is 0.423. The second-order valence-corrected chi connectivity index (χ2v) is 10.9. The van der Waals surface area contributed by atoms with Crippen molar-refractivity contribution in [3.63, 3.8) is 0 Å². The van der Waals surface area contributed by atoms with Crippen LogP contribution < -0.4 is 31.3 Å². The maximum atomic E-state index is 13.4. The summed E-state index contributed by atoms with van der Waals surface area (Å²) in [5.74, 6) is 1.02. The van der Waals surface area contributed by atoms with Gasteiger partial charge in [0.25, 0.3) is 5.91 Å². The summed E-state index contributed by atoms with van der Waals surface area (Å²) in [5, 5.41) is 9.75. The summed E-state index contributed by atoms with van der Waals surface area (Å²) >= 11 is 1.51. The van der Waals surface area contributed by atoms with Gasteiger partial charge in [-0.25, -0.2) is 9.78 Å². The van der Waals surface area contributed by atoms with Crippen LogP contribution in [0.2, 0.25) is 0 Å². The quantitative estimate of drug-likeness (QED) is 0.492. The number of hydrogen-bond acceptors (Lipinski definition) is 7. The molecule has 5 N–H and O–H groups in total. The summed E-state index contributed by atoms with van der Waals surface area (Å²) in [5.41, 5.74) is 7.69. The molecule has 2 aromatic rings. The Hall–Kier alpha value is -3.08. The second kappa shape index (κ2) is 9.76. The van der Waals surface area contributed by atoms with Crippen LogP contribution in [0.4, 0.5) is 10.5 Å². The van der Waals surface area contributed by atoms with Gasteiger partial charge in [-0.1, -0.05) is 42.8 Å². The molecular formula is C26H30N6O3S. The summed E-state index contributed by atoms with van der Waals surface area (Å²) in [7, 11) is 0. The standard InChI is InChI=1S/C26H30N6O3S/c27-17-8-4-5-9-18(17)30-24(33)23-22-21-19(12-13-28-25(21)36-23)32(26(34)31-22)15-10-11-20(29-14-15)35-16-6-2-1-3-7-16/h1-3,6-7,10-11,14,17-19,21,25,28H,4-5,8-9,12-13,27H2,(H,30,33)(H,31,34)/t17-,18+,19?,21?,25?/m0/s1. The Kier molecular flexibility index (Phi) is 6.32. The average molecular weight is 507 g/mol. The third kappa shape index (κ3) is 4.33. The lowest BCUT2D eigenvalue weighted by atomic mass is 9.86. The monoisotopic (exact) mass is 506 g/mol. The summed E-state index contributed by atoms with van der Waals surface area (Å²) in [6.45, 7) is 0.765. The van der Waals surface area contributed by atoms with Crippen LogP contribution in [0.15, 0.2) is 59.3 Å². The zero-order chi connectivity index (χ0) is 24.6. The molecule has 9 nitrogen and oxygen atoms in total. The number of carbonyl (C=O) groups excluding carboxylic acids is 2. The molecule has 5 atom stereocenters. The highest BCUT2D eigenvalue weighted by molar-refractivity contribution is 8.04. The van der Waals surface area contributed by atoms with Gasteiger partial charge in [0.1, 0.15) is 5.75 Å². The molecule has 0 bridgehead atoms. The highest BCUT2D eigenvalue weighted by Crippen LogP contribution is 2.48. The van der Waals surface area contributed by atoms with Gasteiger partial charge in [0.05, 0.1) is 28.2 Å². The fourth-order valence-electron chi connectivity index (χ4n) is 5.68. The summed E-state index contributed by atoms with van der Waals surface area (Å²) < 4.78 is 5.80. The number of anilines is 1. The number of hydrogen-bond donors (Lipinski definition) is 4. The molecule has 3 amide bonds. The number of benzene rings is 1. The third-order valence-electron chi connectivity index (χ3n) is 7.45. The van der Waals surface area contributed by atoms with Crippen LogP contribution in [0.1, 0.15) is 32.1 Å². The lowest BCUT2D eigenvalue weighted by Gasteiger charge is -2.45. The van der Waals surface area contributed by atoms with Crippen molar-refractivity contribution in [3.05, 3.63) is 59.3 Å². The highest BCUT2D eigenvalue weighted by atomic mass is 32.2. The minimum absolute atomic E-state index is 0.0116. The van der Waals surface area contributed by atoms with Gasteiger partial charge in [0.2, 0.25) is 5.88 Å². The molecule has 3 fully saturated rings. The maximum absolute atomic E-state index is 13.4. The molecule has 1 aromatic heterocycles. The van der Waals surface area contributed by atoms with Crippen molar-refractivity contribution >= 4 is 29.4 Å². The molecule has 188 valence electrons. The molecular weight excluding hydrogens is 476 g/mol. The highest BCUT2D eigenvalue weighted by Gasteiger charge is 2.52. The van der Waals surface area contributed by atoms with Crippen molar-refractivity contribution in [1.82, 2.24) is 20.9 Å². The van der Waals surface area contributed by atoms with E-state index < -0.39 is 0 Å². The van der Waals surface area contributed by atoms with E-state index >= 15 is 0 Å². The summed E-state index contributed by atoms with van der Waals surface area (Å²) in [6, 6.07) is 12.7. The molecule has 1 aliphatic carbocycles. The molecule has 4 heterocycles. The number of piperidine rings is 1. The smallest absolute Gasteiger partial charge is 0.326 e. The first-order valence-corrected chi connectivity index (χ1v) is 13.5. The lowest BCUT2D eigenvalue weighted by molar-refractivity contribution is -0.117. The topological polar surface area (TPSA) is 122 Å². The number of thioether (sulfide) groups is 1. The van der Waals surface area contributed by atoms with E-state index in [1.807, 2.05) is 36.4 Å². The van der Waals surface area contributed by atoms with Crippen LogP contribution >= 0.6 is 11.8 Å². The van der Waals surface area contributed by atoms with Gasteiger partial charge in [-0.2, -0.15) is 0 Å². The number of rotatable bonds is 5. The first-order chi connectivity index (χ1) is 17.6. The zero-order valence-electron chi connectivity index (χ0n) is 19.9. The number of aromatic nitrogens is 1. The predicted molar refractivity (Wildman–Crippen MR) is 138 cm³/mol. The number of nitrogens with one attached hydrogen (secondary N) is 3. The van der Waals surface area contributed by atoms with E-state index in [1.165, 1.54) is 11.8 Å². The van der Waals surface area contributed by atoms with E-state index in [-0.39, 0.29) is 41.4 Å². The average Bonchev–Trinajstić information content (AvgIpc) is 3.26. The fourth-order valence-corrected chi connectivity index (χ4v) is 7.08. The molecule has 1 saturated carbocycles. The first kappa shape index (κ1) is 23.3. The van der Waals surface area contributed by atoms with Crippen LogP contribution in [-0.2, 0) is 4.79 Å². The molecule has 3 aliphatic heterocycles. The maximum Gasteiger partial charge on any atom is 0.326 e. The SMILES string of the molecule is N[C@H]1CCCC[C@H]1NC(=O)C1=C2NC(=O)N(c3ccc(Oc4ccccc4)nc3)C3CCNC(S1)C23. The van der Waals surface area contributed by atoms with Crippen LogP contribution in [0, 0.1) is 5.92 Å². The number of pyridine rings is 1. The Bertz CT molecular complexity index is 1170. The largest absolute Gasteiger partial charge is 0.439 e. The molecule has 36 heavy (non-hydrogen) atoms. The summed E-state index contributed by atoms with van der Waals surface area (Å²) in [6.07, 6.45) is 6.44. The van der Waals surface area contributed by atoms with Gasteiger partial charge in [-0.3, -0.25) is 9.69 Å². The van der Waals surface area contributed by atoms with Crippen molar-refractivity contribution in [2.45, 2.75) is 55.6 Å². The molecule has 2 saturated heterocycles. The van der Waals surface area contributed by atoms with Gasteiger partial charge in [0, 0.05) is 29.8 Å². The number of nitrogens with two attached hydrogens (primary N) is 1. The van der Waals surface area contributed by atoms with Crippen molar-refractivity contribution in [2.24, 2.45) is 11.7 Å². The molecule has 1 aromatic carbocycles. The Morgan fingerprint density at radius 1 is 1.14 bits per heavy atom. The molecule has 10 heteroatoms. The number of ether oxygens (including phenoxy) is 1. The predicted octanol–water partition coefficient (Wildman–Crippen LogP) is 3.05. The molecule has 0 radical (unpaired) electrons. The zero-order valence-corrected chi connectivity index (χ0v) is 20.7. The number of para-hydroxylation sites is 1. The summed E-state index contributed by atoms with van der Waals surface area (Å²) in [4.78, 5) is 33.5. The molecule has 0 spiro atoms. The molecule has 6 rings (SSSR count). The lowest BCUT2D eigenvalue weighted by Crippen LogP contribution is -2.62. The van der Waals surface area contributed by atoms with Crippen LogP contribution in [0.3, 0.4) is 0 Å². The van der Waals surface area contributed by atoms with Gasteiger partial charge in [0.15, 0.2) is 0 Å². The number of urea groups is 1. The van der Waals surface area contributed by atoms with Gasteiger partial charge < -0.3 is 26.4 Å². The first-order valence-electron chi connectivity index (χ1n) is 12.6. The Balaban J connectivity index is 1.22. The van der Waals surface area contributed by atoms with Crippen molar-refractivity contribution < 1.29 is 14.3 Å². The molecule has 4 aliphatic rings. The van der Waals surface area contributed by atoms with Gasteiger partial charge >= 0.3 is 6.03 Å². The number of amides is 3. The van der Waals surface area contributed by atoms with Crippen LogP contribution in [-0.4, -0.2) is 47.0 Å². The number of carbonyl (C=O) groups is 2. The molecule has 3 unspecified atom stereocenters. The normalized spacial score (nSPS) is 29.4. The van der Waals surface area contributed by atoms with Crippen molar-refractivity contribution in [1.29, 1.82) is 0 Å². The van der Waals surface area contributed by atoms with E-state index in [0.29, 0.717) is 22.2 Å². The van der Waals surface area contributed by atoms with E-state index in [2.05, 4.69) is 20.9 Å². The number of nitrogens with zero attached hydrogens (tertiary/aromatic N) is 2. The Morgan fingerprint density at radius 3 is 2.75 bits per heavy atom. The minimum atomic E-state index is -0.243. The van der Waals surface area contributed by atoms with E-state index in [1.54, 1.807) is 17.2 Å². The van der Waals surface area contributed by atoms with E-state index in [4.69, 9.17) is 10.5 Å². The van der Waals surface area contributed by atoms with Gasteiger partial charge in [-0.15, -0.1) is 0 Å². The van der Waals surface area contributed by atoms with Crippen molar-refractivity contribution in [2.75, 3.05) is 11.4 Å². The Morgan fingerprint density at radius 2 is 1.97 bits per heavy atom. The second-order valence-electron chi connectivity index (χ2n) is 9.72. The minimum Gasteiger partial charge on any atom is -0.439 e. The van der Waals surface area contributed by atoms with Crippen LogP contribution in [0.25, 0.3) is 0 Å². The third-order valence-corrected chi connectivity index (χ3v) is 8.80. The Labute approximate surface area is 214 Å². The van der Waals surface area contributed by atoms with E-state index in [0.717, 1.165) is 44.3 Å². The van der Waals surface area contributed by atoms with Gasteiger partial charge in [-0.05, 0) is 44.0 Å². The van der Waals surface area contributed by atoms with Crippen LogP contribution in [0.5, 0.6) is 11.6 Å².